The molecule has 0 aliphatic heterocycles. The first-order valence-electron chi connectivity index (χ1n) is 6.73. The number of carbonyl (C=O) groups is 1. The van der Waals surface area contributed by atoms with Crippen molar-refractivity contribution in [2.75, 3.05) is 6.54 Å². The molecule has 3 nitrogen and oxygen atoms in total. The predicted molar refractivity (Wildman–Crippen MR) is 75.4 cm³/mol. The van der Waals surface area contributed by atoms with Gasteiger partial charge in [-0.1, -0.05) is 50.6 Å². The summed E-state index contributed by atoms with van der Waals surface area (Å²) < 4.78 is 0. The van der Waals surface area contributed by atoms with Gasteiger partial charge in [0.2, 0.25) is 5.91 Å². The first kappa shape index (κ1) is 14.7. The lowest BCUT2D eigenvalue weighted by Gasteiger charge is -2.14. The Hall–Kier alpha value is -1.35. The Morgan fingerprint density at radius 2 is 1.94 bits per heavy atom. The van der Waals surface area contributed by atoms with E-state index < -0.39 is 0 Å². The van der Waals surface area contributed by atoms with Crippen LogP contribution in [-0.2, 0) is 4.79 Å². The van der Waals surface area contributed by atoms with Gasteiger partial charge in [0.25, 0.3) is 0 Å². The van der Waals surface area contributed by atoms with Crippen LogP contribution >= 0.6 is 0 Å². The van der Waals surface area contributed by atoms with Crippen LogP contribution in [0, 0.1) is 0 Å². The van der Waals surface area contributed by atoms with Crippen LogP contribution in [0.25, 0.3) is 0 Å². The molecular weight excluding hydrogens is 224 g/mol. The zero-order valence-electron chi connectivity index (χ0n) is 11.4. The molecule has 0 radical (unpaired) electrons. The van der Waals surface area contributed by atoms with E-state index in [1.165, 1.54) is 5.56 Å². The maximum Gasteiger partial charge on any atom is 0.236 e. The fourth-order valence-corrected chi connectivity index (χ4v) is 1.93. The van der Waals surface area contributed by atoms with Gasteiger partial charge in [0.15, 0.2) is 0 Å². The van der Waals surface area contributed by atoms with E-state index in [0.717, 1.165) is 19.3 Å². The SMILES string of the molecule is CCC[C@H](N)C(=O)NCCC(C)c1ccccc1. The molecule has 2 atom stereocenters. The second-order valence-corrected chi connectivity index (χ2v) is 4.79. The molecule has 3 heteroatoms. The molecule has 0 aliphatic rings. The van der Waals surface area contributed by atoms with Crippen molar-refractivity contribution in [2.45, 2.75) is 45.1 Å². The Labute approximate surface area is 110 Å². The number of hydrogen-bond donors (Lipinski definition) is 2. The molecule has 1 aromatic carbocycles. The Kier molecular flexibility index (Phi) is 6.44. The zero-order chi connectivity index (χ0) is 13.4. The summed E-state index contributed by atoms with van der Waals surface area (Å²) in [6.07, 6.45) is 2.63. The second kappa shape index (κ2) is 7.88. The second-order valence-electron chi connectivity index (χ2n) is 4.79. The van der Waals surface area contributed by atoms with E-state index in [2.05, 4.69) is 24.4 Å². The largest absolute Gasteiger partial charge is 0.355 e. The molecule has 1 aromatic rings. The van der Waals surface area contributed by atoms with Gasteiger partial charge in [-0.15, -0.1) is 0 Å². The minimum absolute atomic E-state index is 0.0305. The topological polar surface area (TPSA) is 55.1 Å². The van der Waals surface area contributed by atoms with Crippen LogP contribution in [-0.4, -0.2) is 18.5 Å². The van der Waals surface area contributed by atoms with E-state index in [9.17, 15) is 4.79 Å². The first-order valence-corrected chi connectivity index (χ1v) is 6.73. The van der Waals surface area contributed by atoms with Crippen molar-refractivity contribution >= 4 is 5.91 Å². The van der Waals surface area contributed by atoms with Gasteiger partial charge in [0, 0.05) is 6.54 Å². The maximum absolute atomic E-state index is 11.6. The van der Waals surface area contributed by atoms with Crippen LogP contribution < -0.4 is 11.1 Å². The van der Waals surface area contributed by atoms with Crippen molar-refractivity contribution in [1.29, 1.82) is 0 Å². The van der Waals surface area contributed by atoms with E-state index in [1.54, 1.807) is 0 Å². The molecule has 100 valence electrons. The number of hydrogen-bond acceptors (Lipinski definition) is 2. The molecule has 0 aromatic heterocycles. The molecule has 0 bridgehead atoms. The standard InChI is InChI=1S/C15H24N2O/c1-3-7-14(16)15(18)17-11-10-12(2)13-8-5-4-6-9-13/h4-6,8-9,12,14H,3,7,10-11,16H2,1-2H3,(H,17,18)/t12?,14-/m0/s1. The zero-order valence-corrected chi connectivity index (χ0v) is 11.4. The average Bonchev–Trinajstić information content (AvgIpc) is 2.39. The molecule has 0 saturated heterocycles. The first-order chi connectivity index (χ1) is 8.65. The normalized spacial score (nSPS) is 13.9. The molecular formula is C15H24N2O. The molecule has 1 rings (SSSR count). The number of nitrogens with two attached hydrogens (primary N) is 1. The molecule has 0 aliphatic carbocycles. The van der Waals surface area contributed by atoms with Gasteiger partial charge in [-0.2, -0.15) is 0 Å². The summed E-state index contributed by atoms with van der Waals surface area (Å²) in [6, 6.07) is 9.98. The quantitative estimate of drug-likeness (QED) is 0.778. The average molecular weight is 248 g/mol. The minimum atomic E-state index is -0.359. The lowest BCUT2D eigenvalue weighted by molar-refractivity contribution is -0.122. The van der Waals surface area contributed by atoms with Crippen molar-refractivity contribution in [1.82, 2.24) is 5.32 Å². The van der Waals surface area contributed by atoms with Gasteiger partial charge in [0.05, 0.1) is 6.04 Å². The summed E-state index contributed by atoms with van der Waals surface area (Å²) in [5.41, 5.74) is 7.05. The van der Waals surface area contributed by atoms with Gasteiger partial charge in [-0.25, -0.2) is 0 Å². The van der Waals surface area contributed by atoms with Crippen molar-refractivity contribution < 1.29 is 4.79 Å². The third-order valence-electron chi connectivity index (χ3n) is 3.18. The molecule has 18 heavy (non-hydrogen) atoms. The molecule has 0 heterocycles. The smallest absolute Gasteiger partial charge is 0.236 e. The summed E-state index contributed by atoms with van der Waals surface area (Å²) in [6.45, 7) is 4.89. The van der Waals surface area contributed by atoms with Crippen LogP contribution in [0.5, 0.6) is 0 Å². The van der Waals surface area contributed by atoms with E-state index >= 15 is 0 Å². The molecule has 0 fully saturated rings. The van der Waals surface area contributed by atoms with E-state index in [0.29, 0.717) is 12.5 Å². The maximum atomic E-state index is 11.6. The molecule has 3 N–H and O–H groups in total. The van der Waals surface area contributed by atoms with Gasteiger partial charge in [-0.05, 0) is 24.3 Å². The highest BCUT2D eigenvalue weighted by atomic mass is 16.2. The number of amides is 1. The van der Waals surface area contributed by atoms with Gasteiger partial charge >= 0.3 is 0 Å². The molecule has 0 saturated carbocycles. The Morgan fingerprint density at radius 1 is 1.28 bits per heavy atom. The highest BCUT2D eigenvalue weighted by Crippen LogP contribution is 2.17. The third-order valence-corrected chi connectivity index (χ3v) is 3.18. The Balaban J connectivity index is 2.27. The molecule has 1 unspecified atom stereocenters. The summed E-state index contributed by atoms with van der Waals surface area (Å²) in [4.78, 5) is 11.6. The van der Waals surface area contributed by atoms with Gasteiger partial charge in [-0.3, -0.25) is 4.79 Å². The van der Waals surface area contributed by atoms with Crippen molar-refractivity contribution in [3.05, 3.63) is 35.9 Å². The monoisotopic (exact) mass is 248 g/mol. The summed E-state index contributed by atoms with van der Waals surface area (Å²) in [5.74, 6) is 0.422. The van der Waals surface area contributed by atoms with Crippen LogP contribution in [0.3, 0.4) is 0 Å². The van der Waals surface area contributed by atoms with Crippen LogP contribution in [0.15, 0.2) is 30.3 Å². The fourth-order valence-electron chi connectivity index (χ4n) is 1.93. The Morgan fingerprint density at radius 3 is 2.56 bits per heavy atom. The summed E-state index contributed by atoms with van der Waals surface area (Å²) in [5, 5.41) is 2.90. The third kappa shape index (κ3) is 4.88. The molecule has 0 spiro atoms. The minimum Gasteiger partial charge on any atom is -0.355 e. The van der Waals surface area contributed by atoms with Crippen molar-refractivity contribution in [3.63, 3.8) is 0 Å². The highest BCUT2D eigenvalue weighted by Gasteiger charge is 2.12. The van der Waals surface area contributed by atoms with Crippen LogP contribution in [0.1, 0.15) is 44.6 Å². The number of rotatable bonds is 7. The number of benzene rings is 1. The number of nitrogens with one attached hydrogen (secondary N) is 1. The summed E-state index contributed by atoms with van der Waals surface area (Å²) >= 11 is 0. The van der Waals surface area contributed by atoms with Crippen LogP contribution in [0.2, 0.25) is 0 Å². The highest BCUT2D eigenvalue weighted by molar-refractivity contribution is 5.81. The number of carbonyl (C=O) groups excluding carboxylic acids is 1. The van der Waals surface area contributed by atoms with Crippen molar-refractivity contribution in [3.8, 4) is 0 Å². The fraction of sp³-hybridized carbons (Fsp3) is 0.533. The van der Waals surface area contributed by atoms with E-state index in [4.69, 9.17) is 5.73 Å². The summed E-state index contributed by atoms with van der Waals surface area (Å²) in [7, 11) is 0. The van der Waals surface area contributed by atoms with Gasteiger partial charge in [0.1, 0.15) is 0 Å². The predicted octanol–water partition coefficient (Wildman–Crippen LogP) is 2.42. The molecule has 1 amide bonds. The van der Waals surface area contributed by atoms with Gasteiger partial charge < -0.3 is 11.1 Å². The van der Waals surface area contributed by atoms with Crippen LogP contribution in [0.4, 0.5) is 0 Å². The lowest BCUT2D eigenvalue weighted by Crippen LogP contribution is -2.40. The van der Waals surface area contributed by atoms with Crippen molar-refractivity contribution in [2.24, 2.45) is 5.73 Å². The van der Waals surface area contributed by atoms with E-state index in [1.807, 2.05) is 25.1 Å². The Bertz CT molecular complexity index is 351. The lowest BCUT2D eigenvalue weighted by atomic mass is 9.98. The van der Waals surface area contributed by atoms with E-state index in [-0.39, 0.29) is 11.9 Å².